The molecule has 0 aromatic carbocycles. The molecule has 2 aromatic rings. The van der Waals surface area contributed by atoms with E-state index in [1.54, 1.807) is 0 Å². The summed E-state index contributed by atoms with van der Waals surface area (Å²) in [5, 5.41) is 0.0208. The minimum atomic E-state index is -4.46. The molecule has 10 heteroatoms. The molecule has 0 bridgehead atoms. The Bertz CT molecular complexity index is 1370. The van der Waals surface area contributed by atoms with Gasteiger partial charge in [0, 0.05) is 68.2 Å². The van der Waals surface area contributed by atoms with Crippen molar-refractivity contribution in [1.29, 1.82) is 0 Å². The van der Waals surface area contributed by atoms with Gasteiger partial charge in [0.2, 0.25) is 0 Å². The molecule has 2 atom stereocenters. The summed E-state index contributed by atoms with van der Waals surface area (Å²) >= 11 is 0. The number of halogens is 3. The maximum absolute atomic E-state index is 13.5. The highest BCUT2D eigenvalue weighted by Gasteiger charge is 2.54. The zero-order valence-corrected chi connectivity index (χ0v) is 28.2. The van der Waals surface area contributed by atoms with Crippen molar-refractivity contribution in [3.05, 3.63) is 57.7 Å². The molecule has 1 spiro atoms. The predicted molar refractivity (Wildman–Crippen MR) is 164 cm³/mol. The molecule has 1 aliphatic carbocycles. The van der Waals surface area contributed by atoms with Crippen LogP contribution >= 0.6 is 0 Å². The van der Waals surface area contributed by atoms with Gasteiger partial charge in [0.1, 0.15) is 6.10 Å². The third-order valence-corrected chi connectivity index (χ3v) is 15.2. The number of fused-ring (bicyclic) bond motifs is 4. The molecule has 2 saturated heterocycles. The van der Waals surface area contributed by atoms with Crippen molar-refractivity contribution in [1.82, 2.24) is 9.97 Å². The molecule has 1 unspecified atom stereocenters. The van der Waals surface area contributed by atoms with E-state index in [9.17, 15) is 13.2 Å². The van der Waals surface area contributed by atoms with Gasteiger partial charge < -0.3 is 18.6 Å². The minimum Gasteiger partial charge on any atom is -0.410 e. The number of alkyl halides is 3. The Balaban J connectivity index is 1.60. The summed E-state index contributed by atoms with van der Waals surface area (Å²) in [7, 11) is -2.20. The van der Waals surface area contributed by atoms with Gasteiger partial charge in [-0.3, -0.25) is 9.97 Å². The molecule has 0 radical (unpaired) electrons. The summed E-state index contributed by atoms with van der Waals surface area (Å²) in [6, 6.07) is 2.60. The average molecular weight is 633 g/mol. The zero-order chi connectivity index (χ0) is 31.7. The summed E-state index contributed by atoms with van der Waals surface area (Å²) in [6.07, 6.45) is 0.409. The number of nitrogens with zero attached hydrogens (tertiary/aromatic N) is 2. The summed E-state index contributed by atoms with van der Waals surface area (Å²) in [5.74, 6) is 0.170. The van der Waals surface area contributed by atoms with Crippen molar-refractivity contribution in [2.24, 2.45) is 5.41 Å². The lowest BCUT2D eigenvalue weighted by Crippen LogP contribution is -2.45. The fourth-order valence-corrected chi connectivity index (χ4v) is 8.58. The summed E-state index contributed by atoms with van der Waals surface area (Å²) in [5.41, 5.74) is 4.44. The molecular formula is C34H47F3N2O4Si. The molecule has 0 saturated carbocycles. The van der Waals surface area contributed by atoms with Crippen LogP contribution in [0.2, 0.25) is 18.1 Å². The number of hydrogen-bond acceptors (Lipinski definition) is 6. The quantitative estimate of drug-likeness (QED) is 0.315. The first-order valence-electron chi connectivity index (χ1n) is 16.1. The minimum absolute atomic E-state index is 0.00903. The van der Waals surface area contributed by atoms with Gasteiger partial charge in [0.15, 0.2) is 8.32 Å². The Morgan fingerprint density at radius 3 is 2.20 bits per heavy atom. The van der Waals surface area contributed by atoms with Crippen molar-refractivity contribution >= 4 is 8.32 Å². The smallest absolute Gasteiger partial charge is 0.410 e. The van der Waals surface area contributed by atoms with Crippen LogP contribution in [0.5, 0.6) is 0 Å². The van der Waals surface area contributed by atoms with Crippen molar-refractivity contribution in [2.45, 2.75) is 121 Å². The molecule has 4 aliphatic rings. The number of aromatic nitrogens is 2. The standard InChI is InChI=1S/C34H47F3N2O4Si/c1-31(2,3)44(6,7)43-25-19-32(4,5)18-24-26(25)28-27(29(39-24)21-10-14-40-15-11-21)30(42-33(28)12-16-41-17-13-33)23-9-8-22(20-38-23)34(35,36)37/h8-9,20-21,25,30H,10-19H2,1-7H3/t25?,30-/m1/s1. The largest absolute Gasteiger partial charge is 0.417 e. The second-order valence-corrected chi connectivity index (χ2v) is 20.3. The lowest BCUT2D eigenvalue weighted by Gasteiger charge is -2.46. The number of ether oxygens (including phenoxy) is 3. The molecule has 242 valence electrons. The first-order chi connectivity index (χ1) is 20.5. The first kappa shape index (κ1) is 32.1. The highest BCUT2D eigenvalue weighted by Crippen LogP contribution is 2.59. The van der Waals surface area contributed by atoms with Crippen LogP contribution in [0.1, 0.15) is 124 Å². The van der Waals surface area contributed by atoms with Gasteiger partial charge in [-0.1, -0.05) is 34.6 Å². The van der Waals surface area contributed by atoms with E-state index in [0.717, 1.165) is 66.0 Å². The molecular weight excluding hydrogens is 585 g/mol. The van der Waals surface area contributed by atoms with Gasteiger partial charge in [0.05, 0.1) is 28.7 Å². The van der Waals surface area contributed by atoms with Crippen LogP contribution in [0, 0.1) is 5.41 Å². The topological polar surface area (TPSA) is 62.7 Å². The zero-order valence-electron chi connectivity index (χ0n) is 27.2. The number of pyridine rings is 2. The van der Waals surface area contributed by atoms with Crippen LogP contribution in [0.15, 0.2) is 18.3 Å². The Hall–Kier alpha value is -1.85. The van der Waals surface area contributed by atoms with Crippen LogP contribution in [-0.4, -0.2) is 44.7 Å². The Morgan fingerprint density at radius 2 is 1.61 bits per heavy atom. The Morgan fingerprint density at radius 1 is 0.955 bits per heavy atom. The van der Waals surface area contributed by atoms with Gasteiger partial charge in [-0.15, -0.1) is 0 Å². The summed E-state index contributed by atoms with van der Waals surface area (Å²) < 4.78 is 66.6. The molecule has 5 heterocycles. The van der Waals surface area contributed by atoms with E-state index in [-0.39, 0.29) is 22.5 Å². The van der Waals surface area contributed by atoms with E-state index >= 15 is 0 Å². The Labute approximate surface area is 260 Å². The molecule has 2 aromatic heterocycles. The molecule has 3 aliphatic heterocycles. The maximum atomic E-state index is 13.5. The second kappa shape index (κ2) is 11.1. The van der Waals surface area contributed by atoms with Crippen LogP contribution in [-0.2, 0) is 36.8 Å². The van der Waals surface area contributed by atoms with Crippen LogP contribution in [0.25, 0.3) is 0 Å². The predicted octanol–water partition coefficient (Wildman–Crippen LogP) is 8.55. The SMILES string of the molecule is CC1(C)Cc2nc(C3CCOCC3)c3c(c2C(O[Si](C)(C)C(C)(C)C)C1)C1(CCOCC1)O[C@@H]3c1ccc(C(F)(F)F)cn1. The van der Waals surface area contributed by atoms with E-state index in [0.29, 0.717) is 45.0 Å². The molecule has 0 N–H and O–H groups in total. The lowest BCUT2D eigenvalue weighted by molar-refractivity contribution is -0.138. The molecule has 2 fully saturated rings. The van der Waals surface area contributed by atoms with Crippen LogP contribution in [0.3, 0.4) is 0 Å². The van der Waals surface area contributed by atoms with Gasteiger partial charge >= 0.3 is 6.18 Å². The highest BCUT2D eigenvalue weighted by atomic mass is 28.4. The van der Waals surface area contributed by atoms with Crippen molar-refractivity contribution < 1.29 is 31.8 Å². The summed E-state index contributed by atoms with van der Waals surface area (Å²) in [4.78, 5) is 9.90. The van der Waals surface area contributed by atoms with Gasteiger partial charge in [-0.2, -0.15) is 13.2 Å². The van der Waals surface area contributed by atoms with Gasteiger partial charge in [0.25, 0.3) is 0 Å². The van der Waals surface area contributed by atoms with Crippen molar-refractivity contribution in [2.75, 3.05) is 26.4 Å². The van der Waals surface area contributed by atoms with Crippen molar-refractivity contribution in [3.8, 4) is 0 Å². The normalized spacial score (nSPS) is 25.6. The molecule has 6 rings (SSSR count). The van der Waals surface area contributed by atoms with E-state index < -0.39 is 31.8 Å². The maximum Gasteiger partial charge on any atom is 0.417 e. The lowest BCUT2D eigenvalue weighted by atomic mass is 9.69. The van der Waals surface area contributed by atoms with E-state index in [4.69, 9.17) is 23.6 Å². The van der Waals surface area contributed by atoms with Crippen LogP contribution < -0.4 is 0 Å². The number of hydrogen-bond donors (Lipinski definition) is 0. The monoisotopic (exact) mass is 632 g/mol. The molecule has 44 heavy (non-hydrogen) atoms. The van der Waals surface area contributed by atoms with E-state index in [1.807, 2.05) is 0 Å². The summed E-state index contributed by atoms with van der Waals surface area (Å²) in [6.45, 7) is 18.4. The fraction of sp³-hybridized carbons (Fsp3) is 0.706. The van der Waals surface area contributed by atoms with Crippen LogP contribution in [0.4, 0.5) is 13.2 Å². The third-order valence-electron chi connectivity index (χ3n) is 10.7. The third kappa shape index (κ3) is 5.78. The van der Waals surface area contributed by atoms with Gasteiger partial charge in [-0.25, -0.2) is 0 Å². The van der Waals surface area contributed by atoms with E-state index in [1.165, 1.54) is 6.07 Å². The first-order valence-corrected chi connectivity index (χ1v) is 19.0. The molecule has 0 amide bonds. The highest BCUT2D eigenvalue weighted by molar-refractivity contribution is 6.74. The number of rotatable bonds is 4. The fourth-order valence-electron chi connectivity index (χ4n) is 7.31. The van der Waals surface area contributed by atoms with E-state index in [2.05, 4.69) is 52.7 Å². The average Bonchev–Trinajstić information content (AvgIpc) is 3.25. The second-order valence-electron chi connectivity index (χ2n) is 15.5. The van der Waals surface area contributed by atoms with Crippen molar-refractivity contribution in [3.63, 3.8) is 0 Å². The molecule has 6 nitrogen and oxygen atoms in total. The van der Waals surface area contributed by atoms with Gasteiger partial charge in [-0.05, 0) is 66.9 Å². The Kier molecular flexibility index (Phi) is 8.13.